The molecule has 0 saturated heterocycles. The summed E-state index contributed by atoms with van der Waals surface area (Å²) in [5.41, 5.74) is 1.87. The van der Waals surface area contributed by atoms with E-state index in [1.54, 1.807) is 44.4 Å². The van der Waals surface area contributed by atoms with E-state index in [2.05, 4.69) is 26.2 Å². The van der Waals surface area contributed by atoms with Gasteiger partial charge in [-0.05, 0) is 41.1 Å². The Balaban J connectivity index is 1.67. The van der Waals surface area contributed by atoms with Gasteiger partial charge in [0.2, 0.25) is 0 Å². The smallest absolute Gasteiger partial charge is 0.319 e. The van der Waals surface area contributed by atoms with Crippen molar-refractivity contribution in [3.05, 3.63) is 59.9 Å². The van der Waals surface area contributed by atoms with Crippen LogP contribution in [-0.2, 0) is 0 Å². The summed E-state index contributed by atoms with van der Waals surface area (Å²) in [6, 6.07) is 13.8. The number of nitrogens with one attached hydrogen (secondary N) is 2. The van der Waals surface area contributed by atoms with Crippen LogP contribution in [0.4, 0.5) is 10.5 Å². The minimum atomic E-state index is -0.785. The zero-order valence-corrected chi connectivity index (χ0v) is 15.0. The Morgan fingerprint density at radius 1 is 1.26 bits per heavy atom. The lowest BCUT2D eigenvalue weighted by molar-refractivity contribution is 0.175. The van der Waals surface area contributed by atoms with Crippen LogP contribution in [0.1, 0.15) is 17.5 Å². The average molecular weight is 368 g/mol. The Bertz CT molecular complexity index is 912. The number of methoxy groups -OCH3 is 1. The number of aliphatic hydroxyl groups is 1. The van der Waals surface area contributed by atoms with Crippen LogP contribution < -0.4 is 15.4 Å². The molecule has 2 aromatic carbocycles. The Morgan fingerprint density at radius 3 is 2.70 bits per heavy atom. The van der Waals surface area contributed by atoms with E-state index in [1.807, 2.05) is 18.2 Å². The van der Waals surface area contributed by atoms with Crippen LogP contribution in [-0.4, -0.2) is 45.0 Å². The normalized spacial score (nSPS) is 11.7. The SMILES string of the molecule is COc1ccc(NC(=O)NCC(O)c2ccccc2)cc1-n1nnnc1C. The fraction of sp³-hybridized carbons (Fsp3) is 0.222. The molecule has 2 amide bonds. The number of rotatable bonds is 6. The second-order valence-electron chi connectivity index (χ2n) is 5.79. The molecule has 1 atom stereocenters. The maximum Gasteiger partial charge on any atom is 0.319 e. The zero-order chi connectivity index (χ0) is 19.2. The molecule has 0 bridgehead atoms. The summed E-state index contributed by atoms with van der Waals surface area (Å²) in [4.78, 5) is 12.2. The molecule has 0 radical (unpaired) electrons. The molecule has 0 saturated carbocycles. The molecule has 1 unspecified atom stereocenters. The van der Waals surface area contributed by atoms with Gasteiger partial charge in [0.25, 0.3) is 0 Å². The molecular formula is C18H20N6O3. The molecule has 3 rings (SSSR count). The first-order valence-corrected chi connectivity index (χ1v) is 8.29. The van der Waals surface area contributed by atoms with E-state index in [4.69, 9.17) is 4.74 Å². The van der Waals surface area contributed by atoms with E-state index in [-0.39, 0.29) is 6.54 Å². The van der Waals surface area contributed by atoms with Crippen molar-refractivity contribution in [2.24, 2.45) is 0 Å². The van der Waals surface area contributed by atoms with E-state index in [1.165, 1.54) is 4.68 Å². The molecule has 3 aromatic rings. The Hall–Kier alpha value is -3.46. The highest BCUT2D eigenvalue weighted by atomic mass is 16.5. The second kappa shape index (κ2) is 8.28. The van der Waals surface area contributed by atoms with Crippen molar-refractivity contribution >= 4 is 11.7 Å². The number of anilines is 1. The number of carbonyl (C=O) groups excluding carboxylic acids is 1. The molecule has 1 aromatic heterocycles. The highest BCUT2D eigenvalue weighted by Gasteiger charge is 2.13. The standard InChI is InChI=1S/C18H20N6O3/c1-12-21-22-23-24(12)15-10-14(8-9-17(15)27-2)20-18(26)19-11-16(25)13-6-4-3-5-7-13/h3-10,16,25H,11H2,1-2H3,(H2,19,20,26). The third kappa shape index (κ3) is 4.39. The van der Waals surface area contributed by atoms with Crippen LogP contribution in [0.15, 0.2) is 48.5 Å². The van der Waals surface area contributed by atoms with Gasteiger partial charge in [-0.15, -0.1) is 5.10 Å². The van der Waals surface area contributed by atoms with E-state index in [0.29, 0.717) is 22.9 Å². The van der Waals surface area contributed by atoms with Gasteiger partial charge in [-0.25, -0.2) is 4.79 Å². The highest BCUT2D eigenvalue weighted by Crippen LogP contribution is 2.26. The number of nitrogens with zero attached hydrogens (tertiary/aromatic N) is 4. The number of hydrogen-bond donors (Lipinski definition) is 3. The van der Waals surface area contributed by atoms with Crippen molar-refractivity contribution in [3.63, 3.8) is 0 Å². The molecule has 0 aliphatic heterocycles. The number of aryl methyl sites for hydroxylation is 1. The van der Waals surface area contributed by atoms with Gasteiger partial charge in [-0.1, -0.05) is 30.3 Å². The number of hydrogen-bond acceptors (Lipinski definition) is 6. The summed E-state index contributed by atoms with van der Waals surface area (Å²) in [7, 11) is 1.54. The first-order valence-electron chi connectivity index (χ1n) is 8.29. The summed E-state index contributed by atoms with van der Waals surface area (Å²) in [6.07, 6.45) is -0.785. The summed E-state index contributed by atoms with van der Waals surface area (Å²) in [5, 5.41) is 26.9. The lowest BCUT2D eigenvalue weighted by Gasteiger charge is -2.14. The maximum atomic E-state index is 12.2. The van der Waals surface area contributed by atoms with Gasteiger partial charge in [0.05, 0.1) is 13.2 Å². The van der Waals surface area contributed by atoms with Crippen molar-refractivity contribution in [1.29, 1.82) is 0 Å². The first-order chi connectivity index (χ1) is 13.1. The van der Waals surface area contributed by atoms with Gasteiger partial charge >= 0.3 is 6.03 Å². The molecule has 9 heteroatoms. The Kier molecular flexibility index (Phi) is 5.62. The van der Waals surface area contributed by atoms with Crippen LogP contribution in [0.25, 0.3) is 5.69 Å². The molecule has 140 valence electrons. The quantitative estimate of drug-likeness (QED) is 0.612. The number of aromatic nitrogens is 4. The van der Waals surface area contributed by atoms with Crippen molar-refractivity contribution in [2.45, 2.75) is 13.0 Å². The van der Waals surface area contributed by atoms with Gasteiger partial charge in [0.15, 0.2) is 5.82 Å². The topological polar surface area (TPSA) is 114 Å². The van der Waals surface area contributed by atoms with Crippen LogP contribution in [0, 0.1) is 6.92 Å². The number of carbonyl (C=O) groups is 1. The third-order valence-electron chi connectivity index (χ3n) is 3.93. The fourth-order valence-electron chi connectivity index (χ4n) is 2.55. The number of benzene rings is 2. The van der Waals surface area contributed by atoms with Crippen molar-refractivity contribution in [1.82, 2.24) is 25.5 Å². The predicted octanol–water partition coefficient (Wildman–Crippen LogP) is 1.83. The zero-order valence-electron chi connectivity index (χ0n) is 15.0. The molecule has 0 spiro atoms. The van der Waals surface area contributed by atoms with Crippen LogP contribution in [0.2, 0.25) is 0 Å². The monoisotopic (exact) mass is 368 g/mol. The first kappa shape index (κ1) is 18.3. The minimum absolute atomic E-state index is 0.0883. The summed E-state index contributed by atoms with van der Waals surface area (Å²) < 4.78 is 6.85. The van der Waals surface area contributed by atoms with E-state index in [9.17, 15) is 9.90 Å². The van der Waals surface area contributed by atoms with Gasteiger partial charge in [0, 0.05) is 12.2 Å². The largest absolute Gasteiger partial charge is 0.494 e. The highest BCUT2D eigenvalue weighted by molar-refractivity contribution is 5.89. The lowest BCUT2D eigenvalue weighted by atomic mass is 10.1. The molecule has 9 nitrogen and oxygen atoms in total. The molecule has 0 fully saturated rings. The van der Waals surface area contributed by atoms with E-state index in [0.717, 1.165) is 5.56 Å². The van der Waals surface area contributed by atoms with Crippen molar-refractivity contribution < 1.29 is 14.6 Å². The van der Waals surface area contributed by atoms with E-state index >= 15 is 0 Å². The number of urea groups is 1. The predicted molar refractivity (Wildman–Crippen MR) is 98.9 cm³/mol. The van der Waals surface area contributed by atoms with Gasteiger partial charge in [-0.2, -0.15) is 4.68 Å². The van der Waals surface area contributed by atoms with Crippen LogP contribution in [0.5, 0.6) is 5.75 Å². The number of ether oxygens (including phenoxy) is 1. The number of tetrazole rings is 1. The molecule has 3 N–H and O–H groups in total. The Labute approximate surface area is 156 Å². The number of amides is 2. The molecule has 0 aliphatic carbocycles. The molecule has 0 aliphatic rings. The average Bonchev–Trinajstić information content (AvgIpc) is 3.12. The molecule has 27 heavy (non-hydrogen) atoms. The van der Waals surface area contributed by atoms with Gasteiger partial charge in [-0.3, -0.25) is 0 Å². The van der Waals surface area contributed by atoms with Crippen LogP contribution >= 0.6 is 0 Å². The third-order valence-corrected chi connectivity index (χ3v) is 3.93. The lowest BCUT2D eigenvalue weighted by Crippen LogP contribution is -2.32. The van der Waals surface area contributed by atoms with Crippen molar-refractivity contribution in [2.75, 3.05) is 19.0 Å². The Morgan fingerprint density at radius 2 is 2.04 bits per heavy atom. The molecule has 1 heterocycles. The molecular weight excluding hydrogens is 348 g/mol. The van der Waals surface area contributed by atoms with Crippen molar-refractivity contribution in [3.8, 4) is 11.4 Å². The summed E-state index contributed by atoms with van der Waals surface area (Å²) >= 11 is 0. The van der Waals surface area contributed by atoms with E-state index < -0.39 is 12.1 Å². The summed E-state index contributed by atoms with van der Waals surface area (Å²) in [5.74, 6) is 1.15. The summed E-state index contributed by atoms with van der Waals surface area (Å²) in [6.45, 7) is 1.85. The second-order valence-corrected chi connectivity index (χ2v) is 5.79. The van der Waals surface area contributed by atoms with Gasteiger partial charge < -0.3 is 20.5 Å². The van der Waals surface area contributed by atoms with Gasteiger partial charge in [0.1, 0.15) is 11.4 Å². The number of aliphatic hydroxyl groups excluding tert-OH is 1. The minimum Gasteiger partial charge on any atom is -0.494 e. The fourth-order valence-corrected chi connectivity index (χ4v) is 2.55. The van der Waals surface area contributed by atoms with Crippen LogP contribution in [0.3, 0.4) is 0 Å². The maximum absolute atomic E-state index is 12.2.